The molecule has 21 heavy (non-hydrogen) atoms. The summed E-state index contributed by atoms with van der Waals surface area (Å²) in [5.74, 6) is 1.81. The maximum atomic E-state index is 8.97. The summed E-state index contributed by atoms with van der Waals surface area (Å²) in [6.45, 7) is 0.390. The minimum absolute atomic E-state index is 0.148. The number of rotatable bonds is 5. The van der Waals surface area contributed by atoms with Crippen LogP contribution in [0.1, 0.15) is 11.4 Å². The van der Waals surface area contributed by atoms with E-state index in [1.165, 1.54) is 0 Å². The van der Waals surface area contributed by atoms with Crippen LogP contribution in [0.2, 0.25) is 0 Å². The van der Waals surface area contributed by atoms with Gasteiger partial charge in [0.1, 0.15) is 19.0 Å². The Bertz CT molecular complexity index is 693. The van der Waals surface area contributed by atoms with Gasteiger partial charge in [-0.1, -0.05) is 30.3 Å². The van der Waals surface area contributed by atoms with Crippen molar-refractivity contribution in [1.29, 1.82) is 0 Å². The van der Waals surface area contributed by atoms with Crippen LogP contribution in [0.5, 0.6) is 5.75 Å². The molecule has 3 aromatic rings. The van der Waals surface area contributed by atoms with Crippen LogP contribution in [-0.4, -0.2) is 20.3 Å². The van der Waals surface area contributed by atoms with Crippen molar-refractivity contribution < 1.29 is 9.84 Å². The Morgan fingerprint density at radius 2 is 1.76 bits per heavy atom. The lowest BCUT2D eigenvalue weighted by Gasteiger charge is -2.06. The summed E-state index contributed by atoms with van der Waals surface area (Å²) in [5.41, 5.74) is 2.00. The molecule has 0 aliphatic heterocycles. The largest absolute Gasteiger partial charge is 0.489 e. The third-order valence-corrected chi connectivity index (χ3v) is 3.04. The normalized spacial score (nSPS) is 10.5. The number of H-pyrrole nitrogens is 1. The molecule has 0 amide bonds. The Kier molecular flexibility index (Phi) is 3.93. The number of benzene rings is 2. The van der Waals surface area contributed by atoms with Gasteiger partial charge >= 0.3 is 0 Å². The maximum absolute atomic E-state index is 8.97. The van der Waals surface area contributed by atoms with Gasteiger partial charge in [-0.05, 0) is 29.8 Å². The number of aliphatic hydroxyl groups is 1. The molecular formula is C16H15N3O2. The number of hydrogen-bond acceptors (Lipinski definition) is 4. The second-order valence-electron chi connectivity index (χ2n) is 4.56. The standard InChI is InChI=1S/C16H15N3O2/c20-10-15-17-16(19-18-15)13-6-8-14(9-7-13)21-11-12-4-2-1-3-5-12/h1-9,20H,10-11H2,(H,17,18,19). The van der Waals surface area contributed by atoms with E-state index in [9.17, 15) is 0 Å². The second kappa shape index (κ2) is 6.19. The summed E-state index contributed by atoms with van der Waals surface area (Å²) in [6, 6.07) is 17.6. The van der Waals surface area contributed by atoms with Gasteiger partial charge in [-0.15, -0.1) is 0 Å². The number of aromatic nitrogens is 3. The van der Waals surface area contributed by atoms with Crippen molar-refractivity contribution >= 4 is 0 Å². The van der Waals surface area contributed by atoms with Crippen molar-refractivity contribution in [2.45, 2.75) is 13.2 Å². The van der Waals surface area contributed by atoms with E-state index in [4.69, 9.17) is 9.84 Å². The molecule has 2 aromatic carbocycles. The molecule has 0 radical (unpaired) electrons. The topological polar surface area (TPSA) is 71.0 Å². The number of aliphatic hydroxyl groups excluding tert-OH is 1. The van der Waals surface area contributed by atoms with Crippen LogP contribution in [0.3, 0.4) is 0 Å². The lowest BCUT2D eigenvalue weighted by molar-refractivity contribution is 0.272. The average Bonchev–Trinajstić information content (AvgIpc) is 3.03. The van der Waals surface area contributed by atoms with Crippen LogP contribution < -0.4 is 4.74 Å². The Balaban J connectivity index is 1.66. The lowest BCUT2D eigenvalue weighted by Crippen LogP contribution is -1.94. The number of aromatic amines is 1. The maximum Gasteiger partial charge on any atom is 0.181 e. The molecule has 5 heteroatoms. The molecule has 1 heterocycles. The zero-order valence-electron chi connectivity index (χ0n) is 11.4. The van der Waals surface area contributed by atoms with Gasteiger partial charge in [0.05, 0.1) is 0 Å². The van der Waals surface area contributed by atoms with Gasteiger partial charge < -0.3 is 9.84 Å². The van der Waals surface area contributed by atoms with Crippen LogP contribution in [0.15, 0.2) is 54.6 Å². The minimum Gasteiger partial charge on any atom is -0.489 e. The van der Waals surface area contributed by atoms with E-state index in [1.54, 1.807) is 0 Å². The molecule has 0 fully saturated rings. The highest BCUT2D eigenvalue weighted by Crippen LogP contribution is 2.20. The zero-order chi connectivity index (χ0) is 14.5. The number of nitrogens with one attached hydrogen (secondary N) is 1. The summed E-state index contributed by atoms with van der Waals surface area (Å²) < 4.78 is 5.72. The van der Waals surface area contributed by atoms with Gasteiger partial charge in [-0.25, -0.2) is 4.98 Å². The van der Waals surface area contributed by atoms with Crippen LogP contribution in [0.25, 0.3) is 11.4 Å². The highest BCUT2D eigenvalue weighted by molar-refractivity contribution is 5.55. The first-order valence-electron chi connectivity index (χ1n) is 6.64. The van der Waals surface area contributed by atoms with E-state index in [0.29, 0.717) is 18.3 Å². The van der Waals surface area contributed by atoms with Gasteiger partial charge in [0, 0.05) is 5.56 Å². The fourth-order valence-electron chi connectivity index (χ4n) is 1.94. The fourth-order valence-corrected chi connectivity index (χ4v) is 1.94. The van der Waals surface area contributed by atoms with Crippen LogP contribution in [-0.2, 0) is 13.2 Å². The zero-order valence-corrected chi connectivity index (χ0v) is 11.4. The van der Waals surface area contributed by atoms with E-state index in [0.717, 1.165) is 16.9 Å². The van der Waals surface area contributed by atoms with E-state index < -0.39 is 0 Å². The van der Waals surface area contributed by atoms with Gasteiger partial charge in [-0.3, -0.25) is 5.10 Å². The Hall–Kier alpha value is -2.66. The van der Waals surface area contributed by atoms with Crippen molar-refractivity contribution in [1.82, 2.24) is 15.2 Å². The Labute approximate surface area is 122 Å². The SMILES string of the molecule is OCc1nc(-c2ccc(OCc3ccccc3)cc2)n[nH]1. The lowest BCUT2D eigenvalue weighted by atomic mass is 10.2. The van der Waals surface area contributed by atoms with Crippen molar-refractivity contribution in [2.75, 3.05) is 0 Å². The highest BCUT2D eigenvalue weighted by Gasteiger charge is 2.05. The van der Waals surface area contributed by atoms with E-state index >= 15 is 0 Å². The molecule has 0 spiro atoms. The highest BCUT2D eigenvalue weighted by atomic mass is 16.5. The molecule has 0 aliphatic rings. The third kappa shape index (κ3) is 3.27. The molecule has 5 nitrogen and oxygen atoms in total. The third-order valence-electron chi connectivity index (χ3n) is 3.04. The Morgan fingerprint density at radius 3 is 2.43 bits per heavy atom. The molecule has 3 rings (SSSR count). The number of hydrogen-bond donors (Lipinski definition) is 2. The summed E-state index contributed by atoms with van der Waals surface area (Å²) in [7, 11) is 0. The fraction of sp³-hybridized carbons (Fsp3) is 0.125. The molecule has 0 unspecified atom stereocenters. The molecule has 0 saturated carbocycles. The van der Waals surface area contributed by atoms with Crippen LogP contribution in [0.4, 0.5) is 0 Å². The van der Waals surface area contributed by atoms with Gasteiger partial charge in [0.15, 0.2) is 11.6 Å². The first-order valence-corrected chi connectivity index (χ1v) is 6.64. The second-order valence-corrected chi connectivity index (χ2v) is 4.56. The van der Waals surface area contributed by atoms with Crippen molar-refractivity contribution in [3.8, 4) is 17.1 Å². The molecule has 0 atom stereocenters. The van der Waals surface area contributed by atoms with Gasteiger partial charge in [-0.2, -0.15) is 5.10 Å². The van der Waals surface area contributed by atoms with E-state index in [2.05, 4.69) is 15.2 Å². The monoisotopic (exact) mass is 281 g/mol. The van der Waals surface area contributed by atoms with E-state index in [1.807, 2.05) is 54.6 Å². The molecular weight excluding hydrogens is 266 g/mol. The summed E-state index contributed by atoms with van der Waals surface area (Å²) in [4.78, 5) is 4.16. The first kappa shape index (κ1) is 13.3. The smallest absolute Gasteiger partial charge is 0.181 e. The molecule has 106 valence electrons. The average molecular weight is 281 g/mol. The summed E-state index contributed by atoms with van der Waals surface area (Å²) in [6.07, 6.45) is 0. The van der Waals surface area contributed by atoms with Gasteiger partial charge in [0.2, 0.25) is 0 Å². The van der Waals surface area contributed by atoms with Crippen molar-refractivity contribution in [3.05, 3.63) is 66.0 Å². The summed E-state index contributed by atoms with van der Waals surface area (Å²) in [5, 5.41) is 15.7. The quantitative estimate of drug-likeness (QED) is 0.754. The van der Waals surface area contributed by atoms with Gasteiger partial charge in [0.25, 0.3) is 0 Å². The molecule has 1 aromatic heterocycles. The molecule has 2 N–H and O–H groups in total. The first-order chi connectivity index (χ1) is 10.3. The minimum atomic E-state index is -0.148. The molecule has 0 saturated heterocycles. The molecule has 0 aliphatic carbocycles. The number of nitrogens with zero attached hydrogens (tertiary/aromatic N) is 2. The van der Waals surface area contributed by atoms with Crippen LogP contribution in [0, 0.1) is 0 Å². The van der Waals surface area contributed by atoms with Crippen molar-refractivity contribution in [2.24, 2.45) is 0 Å². The number of ether oxygens (including phenoxy) is 1. The molecule has 0 bridgehead atoms. The predicted octanol–water partition coefficient (Wildman–Crippen LogP) is 2.54. The summed E-state index contributed by atoms with van der Waals surface area (Å²) >= 11 is 0. The van der Waals surface area contributed by atoms with Crippen LogP contribution >= 0.6 is 0 Å². The predicted molar refractivity (Wildman–Crippen MR) is 78.5 cm³/mol. The Morgan fingerprint density at radius 1 is 1.00 bits per heavy atom. The van der Waals surface area contributed by atoms with Crippen molar-refractivity contribution in [3.63, 3.8) is 0 Å². The van der Waals surface area contributed by atoms with E-state index in [-0.39, 0.29) is 6.61 Å².